The summed E-state index contributed by atoms with van der Waals surface area (Å²) in [6.45, 7) is 26.7. The van der Waals surface area contributed by atoms with E-state index in [1.807, 2.05) is 0 Å². The normalized spacial score (nSPS) is 14.6. The molecule has 0 saturated heterocycles. The van der Waals surface area contributed by atoms with Crippen LogP contribution >= 0.6 is 8.69 Å². The highest BCUT2D eigenvalue weighted by molar-refractivity contribution is 7.40. The molecular formula is C30H46FO2P. The summed E-state index contributed by atoms with van der Waals surface area (Å²) in [5.74, 6) is -0.195. The zero-order chi connectivity index (χ0) is 26.3. The molecular weight excluding hydrogens is 442 g/mol. The Labute approximate surface area is 209 Å². The molecule has 0 aromatic heterocycles. The average molecular weight is 489 g/mol. The van der Waals surface area contributed by atoms with Gasteiger partial charge < -0.3 is 9.42 Å². The summed E-state index contributed by atoms with van der Waals surface area (Å²) in [4.78, 5) is 9.43. The summed E-state index contributed by atoms with van der Waals surface area (Å²) >= 11 is 0. The maximum absolute atomic E-state index is 13.6. The summed E-state index contributed by atoms with van der Waals surface area (Å²) in [5, 5.41) is 0. The first-order valence-corrected chi connectivity index (χ1v) is 13.4. The Bertz CT molecular complexity index is 907. The molecule has 0 aliphatic rings. The van der Waals surface area contributed by atoms with E-state index < -0.39 is 8.69 Å². The van der Waals surface area contributed by atoms with E-state index in [4.69, 9.17) is 4.52 Å². The Hall–Kier alpha value is -1.28. The minimum atomic E-state index is -2.94. The molecule has 0 heterocycles. The first-order valence-electron chi connectivity index (χ1n) is 12.3. The summed E-state index contributed by atoms with van der Waals surface area (Å²) in [7, 11) is -2.94. The van der Waals surface area contributed by atoms with Crippen LogP contribution in [0, 0.1) is 0 Å². The number of hydrogen-bond donors (Lipinski definition) is 1. The lowest BCUT2D eigenvalue weighted by Gasteiger charge is -2.34. The van der Waals surface area contributed by atoms with Crippen molar-refractivity contribution in [2.24, 2.45) is 0 Å². The Morgan fingerprint density at radius 3 is 1.29 bits per heavy atom. The standard InChI is InChI=1S/C30H46FO2P/c1-27(2,3)20-13-15-22(25(17-20)29(7,8)9)24(19-33-34(31)32)23-16-14-21(28(4,5)6)18-26(23)30(10,11)12/h13-18,24,32H,19H2,1-12H3. The van der Waals surface area contributed by atoms with E-state index in [9.17, 15) is 9.09 Å². The van der Waals surface area contributed by atoms with E-state index in [0.717, 1.165) is 11.1 Å². The number of hydrogen-bond acceptors (Lipinski definition) is 2. The molecule has 0 radical (unpaired) electrons. The lowest BCUT2D eigenvalue weighted by molar-refractivity contribution is 0.270. The highest BCUT2D eigenvalue weighted by Gasteiger charge is 2.31. The predicted molar refractivity (Wildman–Crippen MR) is 146 cm³/mol. The molecule has 2 aromatic carbocycles. The fourth-order valence-corrected chi connectivity index (χ4v) is 4.71. The van der Waals surface area contributed by atoms with Crippen molar-refractivity contribution in [1.29, 1.82) is 0 Å². The van der Waals surface area contributed by atoms with E-state index in [-0.39, 0.29) is 34.2 Å². The van der Waals surface area contributed by atoms with Gasteiger partial charge in [-0.3, -0.25) is 0 Å². The van der Waals surface area contributed by atoms with Crippen molar-refractivity contribution in [3.8, 4) is 0 Å². The maximum Gasteiger partial charge on any atom is 0.372 e. The zero-order valence-electron chi connectivity index (χ0n) is 23.4. The van der Waals surface area contributed by atoms with Crippen LogP contribution in [-0.2, 0) is 26.2 Å². The van der Waals surface area contributed by atoms with E-state index >= 15 is 0 Å². The molecule has 0 saturated carbocycles. The van der Waals surface area contributed by atoms with Gasteiger partial charge in [0.1, 0.15) is 0 Å². The fourth-order valence-electron chi connectivity index (χ4n) is 4.44. The van der Waals surface area contributed by atoms with Crippen molar-refractivity contribution >= 4 is 8.69 Å². The monoisotopic (exact) mass is 488 g/mol. The van der Waals surface area contributed by atoms with Crippen LogP contribution < -0.4 is 0 Å². The molecule has 0 fully saturated rings. The summed E-state index contributed by atoms with van der Waals surface area (Å²) < 4.78 is 18.9. The minimum Gasteiger partial charge on any atom is -0.325 e. The van der Waals surface area contributed by atoms with E-state index in [1.165, 1.54) is 22.3 Å². The molecule has 1 atom stereocenters. The second-order valence-electron chi connectivity index (χ2n) is 13.7. The van der Waals surface area contributed by atoms with Crippen molar-refractivity contribution in [1.82, 2.24) is 0 Å². The van der Waals surface area contributed by atoms with E-state index in [1.54, 1.807) is 0 Å². The number of halogens is 1. The number of rotatable bonds is 5. The molecule has 0 aliphatic carbocycles. The average Bonchev–Trinajstić information content (AvgIpc) is 2.65. The zero-order valence-corrected chi connectivity index (χ0v) is 24.3. The van der Waals surface area contributed by atoms with Crippen LogP contribution in [0.5, 0.6) is 0 Å². The lowest BCUT2D eigenvalue weighted by atomic mass is 9.71. The van der Waals surface area contributed by atoms with Crippen LogP contribution in [-0.4, -0.2) is 11.5 Å². The highest BCUT2D eigenvalue weighted by atomic mass is 31.2. The maximum atomic E-state index is 13.6. The van der Waals surface area contributed by atoms with Crippen molar-refractivity contribution < 1.29 is 13.6 Å². The van der Waals surface area contributed by atoms with Crippen LogP contribution in [0.1, 0.15) is 122 Å². The quantitative estimate of drug-likeness (QED) is 0.425. The molecule has 1 N–H and O–H groups in total. The Morgan fingerprint density at radius 2 is 1.03 bits per heavy atom. The molecule has 0 spiro atoms. The van der Waals surface area contributed by atoms with Gasteiger partial charge in [-0.2, -0.15) is 4.20 Å². The van der Waals surface area contributed by atoms with Crippen molar-refractivity contribution in [3.05, 3.63) is 69.8 Å². The fraction of sp³-hybridized carbons (Fsp3) is 0.600. The molecule has 2 rings (SSSR count). The van der Waals surface area contributed by atoms with E-state index in [0.29, 0.717) is 0 Å². The van der Waals surface area contributed by atoms with Gasteiger partial charge in [-0.1, -0.05) is 119 Å². The Kier molecular flexibility index (Phi) is 8.51. The van der Waals surface area contributed by atoms with Gasteiger partial charge in [0, 0.05) is 5.92 Å². The van der Waals surface area contributed by atoms with Gasteiger partial charge in [0.2, 0.25) is 0 Å². The first-order chi connectivity index (χ1) is 15.2. The second kappa shape index (κ2) is 10.00. The van der Waals surface area contributed by atoms with Gasteiger partial charge in [-0.05, 0) is 55.0 Å². The summed E-state index contributed by atoms with van der Waals surface area (Å²) in [6.07, 6.45) is 0. The molecule has 190 valence electrons. The highest BCUT2D eigenvalue weighted by Crippen LogP contribution is 2.44. The van der Waals surface area contributed by atoms with Crippen LogP contribution in [0.2, 0.25) is 0 Å². The van der Waals surface area contributed by atoms with Crippen molar-refractivity contribution in [3.63, 3.8) is 0 Å². The van der Waals surface area contributed by atoms with Gasteiger partial charge in [0.05, 0.1) is 6.61 Å². The SMILES string of the molecule is CC(C)(C)c1ccc(C(COP(O)F)c2ccc(C(C)(C)C)cc2C(C)(C)C)c(C(C)(C)C)c1. The van der Waals surface area contributed by atoms with Gasteiger partial charge in [0.15, 0.2) is 0 Å². The molecule has 0 aliphatic heterocycles. The lowest BCUT2D eigenvalue weighted by Crippen LogP contribution is -2.24. The molecule has 2 aromatic rings. The van der Waals surface area contributed by atoms with Crippen molar-refractivity contribution in [2.75, 3.05) is 6.61 Å². The Balaban J connectivity index is 2.86. The van der Waals surface area contributed by atoms with Crippen LogP contribution in [0.4, 0.5) is 4.20 Å². The predicted octanol–water partition coefficient (Wildman–Crippen LogP) is 9.21. The molecule has 4 heteroatoms. The molecule has 0 amide bonds. The van der Waals surface area contributed by atoms with Crippen LogP contribution in [0.3, 0.4) is 0 Å². The van der Waals surface area contributed by atoms with Gasteiger partial charge in [0.25, 0.3) is 0 Å². The summed E-state index contributed by atoms with van der Waals surface area (Å²) in [6, 6.07) is 13.4. The smallest absolute Gasteiger partial charge is 0.325 e. The summed E-state index contributed by atoms with van der Waals surface area (Å²) in [5.41, 5.74) is 7.09. The topological polar surface area (TPSA) is 29.5 Å². The third kappa shape index (κ3) is 7.12. The largest absolute Gasteiger partial charge is 0.372 e. The van der Waals surface area contributed by atoms with Gasteiger partial charge in [-0.25, -0.2) is 0 Å². The van der Waals surface area contributed by atoms with Gasteiger partial charge >= 0.3 is 8.69 Å². The first kappa shape index (κ1) is 29.0. The Morgan fingerprint density at radius 1 is 0.676 bits per heavy atom. The minimum absolute atomic E-state index is 0.0216. The van der Waals surface area contributed by atoms with Gasteiger partial charge in [-0.15, -0.1) is 0 Å². The molecule has 2 nitrogen and oxygen atoms in total. The second-order valence-corrected chi connectivity index (χ2v) is 14.4. The van der Waals surface area contributed by atoms with Crippen LogP contribution in [0.15, 0.2) is 36.4 Å². The third-order valence-electron chi connectivity index (χ3n) is 6.55. The van der Waals surface area contributed by atoms with E-state index in [2.05, 4.69) is 119 Å². The molecule has 1 unspecified atom stereocenters. The number of benzene rings is 2. The molecule has 34 heavy (non-hydrogen) atoms. The van der Waals surface area contributed by atoms with Crippen LogP contribution in [0.25, 0.3) is 0 Å². The van der Waals surface area contributed by atoms with Crippen molar-refractivity contribution in [2.45, 2.75) is 111 Å². The third-order valence-corrected chi connectivity index (χ3v) is 6.92. The molecule has 0 bridgehead atoms.